The van der Waals surface area contributed by atoms with E-state index in [-0.39, 0.29) is 11.3 Å². The molecule has 2 aromatic rings. The van der Waals surface area contributed by atoms with E-state index in [1.54, 1.807) is 0 Å². The number of hydrogen-bond acceptors (Lipinski definition) is 4. The maximum absolute atomic E-state index is 12.8. The van der Waals surface area contributed by atoms with Crippen molar-refractivity contribution in [3.8, 4) is 0 Å². The summed E-state index contributed by atoms with van der Waals surface area (Å²) >= 11 is 1.28. The smallest absolute Gasteiger partial charge is 0.265 e. The van der Waals surface area contributed by atoms with E-state index in [0.717, 1.165) is 18.8 Å². The summed E-state index contributed by atoms with van der Waals surface area (Å²) in [6.07, 6.45) is 0. The summed E-state index contributed by atoms with van der Waals surface area (Å²) in [7, 11) is 0. The third kappa shape index (κ3) is 2.61. The molecule has 1 fully saturated rings. The number of aryl methyl sites for hydroxylation is 1. The number of nitrogens with zero attached hydrogens (tertiary/aromatic N) is 2. The van der Waals surface area contributed by atoms with Gasteiger partial charge in [-0.15, -0.1) is 0 Å². The number of thiazole rings is 1. The normalized spacial score (nSPS) is 20.3. The third-order valence-electron chi connectivity index (χ3n) is 4.44. The number of likely N-dealkylation sites (tertiary alicyclic amines) is 1. The van der Waals surface area contributed by atoms with Gasteiger partial charge in [-0.3, -0.25) is 4.79 Å². The zero-order valence-electron chi connectivity index (χ0n) is 13.2. The van der Waals surface area contributed by atoms with Crippen molar-refractivity contribution >= 4 is 22.4 Å². The summed E-state index contributed by atoms with van der Waals surface area (Å²) in [6.45, 7) is 7.80. The molecule has 0 bridgehead atoms. The van der Waals surface area contributed by atoms with Gasteiger partial charge in [-0.1, -0.05) is 55.5 Å². The van der Waals surface area contributed by atoms with Gasteiger partial charge in [0.15, 0.2) is 5.13 Å². The van der Waals surface area contributed by atoms with Gasteiger partial charge in [0.25, 0.3) is 5.91 Å². The fourth-order valence-electron chi connectivity index (χ4n) is 3.29. The van der Waals surface area contributed by atoms with Crippen molar-refractivity contribution in [2.24, 2.45) is 5.41 Å². The van der Waals surface area contributed by atoms with E-state index >= 15 is 0 Å². The molecule has 2 N–H and O–H groups in total. The van der Waals surface area contributed by atoms with Gasteiger partial charge in [-0.25, -0.2) is 4.98 Å². The molecule has 0 spiro atoms. The molecule has 1 amide bonds. The summed E-state index contributed by atoms with van der Waals surface area (Å²) in [5, 5.41) is 0.457. The number of rotatable bonds is 2. The largest absolute Gasteiger partial charge is 0.375 e. The number of amides is 1. The molecular weight excluding hydrogens is 294 g/mol. The summed E-state index contributed by atoms with van der Waals surface area (Å²) in [4.78, 5) is 19.6. The van der Waals surface area contributed by atoms with Crippen LogP contribution in [-0.4, -0.2) is 28.9 Å². The third-order valence-corrected chi connectivity index (χ3v) is 5.42. The Kier molecular flexibility index (Phi) is 3.68. The van der Waals surface area contributed by atoms with E-state index in [1.807, 2.05) is 17.9 Å². The van der Waals surface area contributed by atoms with Crippen molar-refractivity contribution in [1.82, 2.24) is 9.88 Å². The number of hydrogen-bond donors (Lipinski definition) is 1. The second kappa shape index (κ2) is 5.39. The molecule has 1 aliphatic heterocycles. The van der Waals surface area contributed by atoms with Gasteiger partial charge in [0.1, 0.15) is 4.88 Å². The van der Waals surface area contributed by atoms with Crippen LogP contribution in [0.25, 0.3) is 0 Å². The maximum Gasteiger partial charge on any atom is 0.265 e. The molecule has 2 heterocycles. The van der Waals surface area contributed by atoms with Crippen molar-refractivity contribution in [3.05, 3.63) is 46.5 Å². The molecule has 22 heavy (non-hydrogen) atoms. The number of nitrogens with two attached hydrogens (primary N) is 1. The molecule has 1 aromatic heterocycles. The first kappa shape index (κ1) is 15.0. The molecular formula is C17H21N3OS. The number of carbonyl (C=O) groups is 1. The van der Waals surface area contributed by atoms with Crippen molar-refractivity contribution in [1.29, 1.82) is 0 Å². The highest BCUT2D eigenvalue weighted by Gasteiger charge is 2.42. The monoisotopic (exact) mass is 315 g/mol. The lowest BCUT2D eigenvalue weighted by Gasteiger charge is -2.25. The molecule has 5 heteroatoms. The van der Waals surface area contributed by atoms with Crippen molar-refractivity contribution in [2.75, 3.05) is 18.8 Å². The van der Waals surface area contributed by atoms with Gasteiger partial charge < -0.3 is 10.6 Å². The van der Waals surface area contributed by atoms with Crippen LogP contribution in [0.4, 0.5) is 5.13 Å². The molecule has 116 valence electrons. The summed E-state index contributed by atoms with van der Waals surface area (Å²) in [5.41, 5.74) is 7.81. The Bertz CT molecular complexity index is 693. The van der Waals surface area contributed by atoms with E-state index < -0.39 is 0 Å². The van der Waals surface area contributed by atoms with Crippen molar-refractivity contribution in [2.45, 2.75) is 26.7 Å². The minimum Gasteiger partial charge on any atom is -0.375 e. The molecule has 0 unspecified atom stereocenters. The van der Waals surface area contributed by atoms with Crippen LogP contribution < -0.4 is 5.73 Å². The average molecular weight is 315 g/mol. The first-order valence-electron chi connectivity index (χ1n) is 7.45. The van der Waals surface area contributed by atoms with E-state index in [1.165, 1.54) is 16.9 Å². The number of anilines is 1. The second-order valence-corrected chi connectivity index (χ2v) is 7.63. The second-order valence-electron chi connectivity index (χ2n) is 6.60. The number of benzene rings is 1. The summed E-state index contributed by atoms with van der Waals surface area (Å²) in [5.74, 6) is 0.404. The Hall–Kier alpha value is -1.88. The van der Waals surface area contributed by atoms with Gasteiger partial charge >= 0.3 is 0 Å². The number of carbonyl (C=O) groups excluding carboxylic acids is 1. The molecule has 0 radical (unpaired) electrons. The molecule has 1 aliphatic rings. The Balaban J connectivity index is 1.86. The molecule has 0 saturated carbocycles. The van der Waals surface area contributed by atoms with Gasteiger partial charge in [0.05, 0.1) is 5.69 Å². The lowest BCUT2D eigenvalue weighted by Crippen LogP contribution is -2.30. The van der Waals surface area contributed by atoms with Crippen molar-refractivity contribution < 1.29 is 4.79 Å². The fourth-order valence-corrected chi connectivity index (χ4v) is 4.09. The molecule has 1 atom stereocenters. The number of nitrogen functional groups attached to an aromatic ring is 1. The number of aromatic nitrogens is 1. The van der Waals surface area contributed by atoms with Crippen LogP contribution >= 0.6 is 11.3 Å². The quantitative estimate of drug-likeness (QED) is 0.925. The van der Waals surface area contributed by atoms with Gasteiger partial charge in [-0.05, 0) is 17.9 Å². The fraction of sp³-hybridized carbons (Fsp3) is 0.412. The summed E-state index contributed by atoms with van der Waals surface area (Å²) < 4.78 is 0. The zero-order chi connectivity index (χ0) is 15.9. The van der Waals surface area contributed by atoms with Crippen LogP contribution in [0.15, 0.2) is 30.3 Å². The highest BCUT2D eigenvalue weighted by atomic mass is 32.1. The van der Waals surface area contributed by atoms with Crippen LogP contribution in [0.2, 0.25) is 0 Å². The highest BCUT2D eigenvalue weighted by Crippen LogP contribution is 2.43. The SMILES string of the molecule is Cc1nc(N)sc1C(=O)N1C[C@@H](c2ccccc2)C(C)(C)C1. The standard InChI is InChI=1S/C17H21N3OS/c1-11-14(22-16(18)19-11)15(21)20-9-13(17(2,3)10-20)12-7-5-4-6-8-12/h4-8,13H,9-10H2,1-3H3,(H2,18,19)/t13-/m0/s1. The van der Waals surface area contributed by atoms with Crippen LogP contribution in [0.3, 0.4) is 0 Å². The predicted octanol–water partition coefficient (Wildman–Crippen LogP) is 3.30. The van der Waals surface area contributed by atoms with E-state index in [9.17, 15) is 4.79 Å². The minimum atomic E-state index is 0.0539. The average Bonchev–Trinajstić information content (AvgIpc) is 2.98. The van der Waals surface area contributed by atoms with Crippen LogP contribution in [0.1, 0.15) is 40.7 Å². The van der Waals surface area contributed by atoms with Crippen LogP contribution in [0, 0.1) is 12.3 Å². The topological polar surface area (TPSA) is 59.2 Å². The van der Waals surface area contributed by atoms with E-state index in [4.69, 9.17) is 5.73 Å². The van der Waals surface area contributed by atoms with Gasteiger partial charge in [0.2, 0.25) is 0 Å². The molecule has 3 rings (SSSR count). The Labute approximate surface area is 135 Å². The Morgan fingerprint density at radius 2 is 2.05 bits per heavy atom. The first-order chi connectivity index (χ1) is 10.4. The molecule has 4 nitrogen and oxygen atoms in total. The highest BCUT2D eigenvalue weighted by molar-refractivity contribution is 7.17. The molecule has 0 aliphatic carbocycles. The molecule has 1 saturated heterocycles. The molecule has 1 aromatic carbocycles. The van der Waals surface area contributed by atoms with Crippen LogP contribution in [-0.2, 0) is 0 Å². The predicted molar refractivity (Wildman–Crippen MR) is 90.1 cm³/mol. The van der Waals surface area contributed by atoms with Crippen molar-refractivity contribution in [3.63, 3.8) is 0 Å². The minimum absolute atomic E-state index is 0.0539. The van der Waals surface area contributed by atoms with E-state index in [0.29, 0.717) is 15.9 Å². The van der Waals surface area contributed by atoms with Gasteiger partial charge in [0, 0.05) is 19.0 Å². The lowest BCUT2D eigenvalue weighted by molar-refractivity contribution is 0.0782. The first-order valence-corrected chi connectivity index (χ1v) is 8.27. The Morgan fingerprint density at radius 3 is 2.64 bits per heavy atom. The Morgan fingerprint density at radius 1 is 1.36 bits per heavy atom. The van der Waals surface area contributed by atoms with Gasteiger partial charge in [-0.2, -0.15) is 0 Å². The summed E-state index contributed by atoms with van der Waals surface area (Å²) in [6, 6.07) is 10.4. The zero-order valence-corrected chi connectivity index (χ0v) is 14.0. The lowest BCUT2D eigenvalue weighted by atomic mass is 9.78. The van der Waals surface area contributed by atoms with E-state index in [2.05, 4.69) is 43.1 Å². The van der Waals surface area contributed by atoms with Crippen LogP contribution in [0.5, 0.6) is 0 Å². The maximum atomic E-state index is 12.8.